The number of β-amino-alcohol motifs (C(OH)–C–C–N with tert-alkyl or cyclic N) is 1. The number of aromatic hydroxyl groups is 2. The standard InChI is InChI=1S/C12H19NO3/c1-12(2,3)13-7-11(16)8-4-5-9(14)10(15)6-8/h4-6,11,13-16H,7H2,1-3H3. The van der Waals surface area contributed by atoms with Gasteiger partial charge >= 0.3 is 0 Å². The van der Waals surface area contributed by atoms with E-state index in [1.54, 1.807) is 6.07 Å². The summed E-state index contributed by atoms with van der Waals surface area (Å²) in [6, 6.07) is 4.32. The lowest BCUT2D eigenvalue weighted by Crippen LogP contribution is -2.38. The highest BCUT2D eigenvalue weighted by molar-refractivity contribution is 5.41. The van der Waals surface area contributed by atoms with Crippen molar-refractivity contribution in [3.63, 3.8) is 0 Å². The fraction of sp³-hybridized carbons (Fsp3) is 0.500. The topological polar surface area (TPSA) is 72.7 Å². The van der Waals surface area contributed by atoms with Crippen LogP contribution in [0.5, 0.6) is 11.5 Å². The van der Waals surface area contributed by atoms with Crippen molar-refractivity contribution in [2.75, 3.05) is 6.54 Å². The first-order valence-electron chi connectivity index (χ1n) is 5.24. The number of aliphatic hydroxyl groups is 1. The summed E-state index contributed by atoms with van der Waals surface area (Å²) in [5.74, 6) is -0.396. The van der Waals surface area contributed by atoms with Crippen molar-refractivity contribution >= 4 is 0 Å². The van der Waals surface area contributed by atoms with Gasteiger partial charge in [0.05, 0.1) is 6.10 Å². The summed E-state index contributed by atoms with van der Waals surface area (Å²) in [5, 5.41) is 31.4. The largest absolute Gasteiger partial charge is 0.504 e. The second-order valence-corrected chi connectivity index (χ2v) is 4.89. The maximum Gasteiger partial charge on any atom is 0.157 e. The molecule has 4 nitrogen and oxygen atoms in total. The second kappa shape index (κ2) is 4.72. The van der Waals surface area contributed by atoms with Crippen LogP contribution in [0.1, 0.15) is 32.4 Å². The molecule has 4 N–H and O–H groups in total. The molecule has 0 saturated carbocycles. The van der Waals surface area contributed by atoms with Crippen LogP contribution in [0.2, 0.25) is 0 Å². The van der Waals surface area contributed by atoms with Crippen molar-refractivity contribution in [2.45, 2.75) is 32.4 Å². The molecule has 0 spiro atoms. The van der Waals surface area contributed by atoms with Gasteiger partial charge in [0, 0.05) is 12.1 Å². The van der Waals surface area contributed by atoms with E-state index < -0.39 is 6.10 Å². The Morgan fingerprint density at radius 2 is 1.81 bits per heavy atom. The number of phenols is 2. The quantitative estimate of drug-likeness (QED) is 0.588. The molecule has 1 unspecified atom stereocenters. The molecule has 90 valence electrons. The highest BCUT2D eigenvalue weighted by Crippen LogP contribution is 2.27. The summed E-state index contributed by atoms with van der Waals surface area (Å²) >= 11 is 0. The van der Waals surface area contributed by atoms with Gasteiger partial charge in [-0.15, -0.1) is 0 Å². The lowest BCUT2D eigenvalue weighted by atomic mass is 10.1. The number of nitrogens with one attached hydrogen (secondary N) is 1. The lowest BCUT2D eigenvalue weighted by molar-refractivity contribution is 0.163. The molecule has 0 bridgehead atoms. The zero-order valence-electron chi connectivity index (χ0n) is 9.86. The molecule has 0 radical (unpaired) electrons. The monoisotopic (exact) mass is 225 g/mol. The summed E-state index contributed by atoms with van der Waals surface area (Å²) in [6.07, 6.45) is -0.703. The van der Waals surface area contributed by atoms with E-state index >= 15 is 0 Å². The van der Waals surface area contributed by atoms with E-state index in [1.165, 1.54) is 12.1 Å². The van der Waals surface area contributed by atoms with Gasteiger partial charge in [0.15, 0.2) is 11.5 Å². The molecule has 0 aromatic heterocycles. The molecular formula is C12H19NO3. The fourth-order valence-corrected chi connectivity index (χ4v) is 1.27. The van der Waals surface area contributed by atoms with Gasteiger partial charge in [0.2, 0.25) is 0 Å². The van der Waals surface area contributed by atoms with Crippen LogP contribution in [-0.2, 0) is 0 Å². The first kappa shape index (κ1) is 12.8. The van der Waals surface area contributed by atoms with Crippen LogP contribution in [0.25, 0.3) is 0 Å². The Hall–Kier alpha value is -1.26. The third-order valence-electron chi connectivity index (χ3n) is 2.21. The van der Waals surface area contributed by atoms with Gasteiger partial charge in [0.1, 0.15) is 0 Å². The average molecular weight is 225 g/mol. The predicted molar refractivity (Wildman–Crippen MR) is 62.5 cm³/mol. The van der Waals surface area contributed by atoms with Crippen molar-refractivity contribution in [3.05, 3.63) is 23.8 Å². The molecule has 1 atom stereocenters. The van der Waals surface area contributed by atoms with Gasteiger partial charge in [-0.3, -0.25) is 0 Å². The van der Waals surface area contributed by atoms with Gasteiger partial charge in [-0.25, -0.2) is 0 Å². The minimum atomic E-state index is -0.703. The Balaban J connectivity index is 2.66. The number of hydrogen-bond acceptors (Lipinski definition) is 4. The summed E-state index contributed by atoms with van der Waals surface area (Å²) in [6.45, 7) is 6.42. The van der Waals surface area contributed by atoms with E-state index in [0.29, 0.717) is 12.1 Å². The van der Waals surface area contributed by atoms with Crippen LogP contribution in [0.4, 0.5) is 0 Å². The molecule has 0 heterocycles. The number of benzene rings is 1. The van der Waals surface area contributed by atoms with Crippen LogP contribution in [0.15, 0.2) is 18.2 Å². The fourth-order valence-electron chi connectivity index (χ4n) is 1.27. The summed E-state index contributed by atoms with van der Waals surface area (Å²) in [4.78, 5) is 0. The van der Waals surface area contributed by atoms with Crippen molar-refractivity contribution in [2.24, 2.45) is 0 Å². The molecule has 16 heavy (non-hydrogen) atoms. The van der Waals surface area contributed by atoms with Crippen LogP contribution in [0, 0.1) is 0 Å². The number of aliphatic hydroxyl groups excluding tert-OH is 1. The zero-order chi connectivity index (χ0) is 12.3. The van der Waals surface area contributed by atoms with E-state index in [9.17, 15) is 10.2 Å². The third-order valence-corrected chi connectivity index (χ3v) is 2.21. The molecule has 0 fully saturated rings. The zero-order valence-corrected chi connectivity index (χ0v) is 9.86. The highest BCUT2D eigenvalue weighted by Gasteiger charge is 2.14. The van der Waals surface area contributed by atoms with E-state index in [0.717, 1.165) is 0 Å². The molecule has 0 saturated heterocycles. The average Bonchev–Trinajstić information content (AvgIpc) is 2.17. The number of phenolic OH excluding ortho intramolecular Hbond substituents is 2. The van der Waals surface area contributed by atoms with Crippen LogP contribution in [0.3, 0.4) is 0 Å². The normalized spacial score (nSPS) is 13.8. The minimum Gasteiger partial charge on any atom is -0.504 e. The molecule has 0 amide bonds. The molecule has 4 heteroatoms. The smallest absolute Gasteiger partial charge is 0.157 e. The molecule has 0 aliphatic carbocycles. The van der Waals surface area contributed by atoms with E-state index in [4.69, 9.17) is 5.11 Å². The Labute approximate surface area is 95.6 Å². The SMILES string of the molecule is CC(C)(C)NCC(O)c1ccc(O)c(O)c1. The molecule has 0 aliphatic rings. The van der Waals surface area contributed by atoms with Crippen molar-refractivity contribution in [1.82, 2.24) is 5.32 Å². The minimum absolute atomic E-state index is 0.0695. The van der Waals surface area contributed by atoms with Gasteiger partial charge in [0.25, 0.3) is 0 Å². The van der Waals surface area contributed by atoms with Crippen LogP contribution < -0.4 is 5.32 Å². The predicted octanol–water partition coefficient (Wildman–Crippen LogP) is 1.52. The lowest BCUT2D eigenvalue weighted by Gasteiger charge is -2.23. The Morgan fingerprint density at radius 1 is 1.19 bits per heavy atom. The van der Waals surface area contributed by atoms with E-state index in [1.807, 2.05) is 20.8 Å². The first-order valence-corrected chi connectivity index (χ1v) is 5.24. The Bertz CT molecular complexity index is 358. The highest BCUT2D eigenvalue weighted by atomic mass is 16.3. The Morgan fingerprint density at radius 3 is 2.31 bits per heavy atom. The molecule has 1 aromatic carbocycles. The summed E-state index contributed by atoms with van der Waals surface area (Å²) < 4.78 is 0. The Kier molecular flexibility index (Phi) is 3.78. The molecule has 1 rings (SSSR count). The van der Waals surface area contributed by atoms with E-state index in [-0.39, 0.29) is 17.0 Å². The van der Waals surface area contributed by atoms with Gasteiger partial charge < -0.3 is 20.6 Å². The van der Waals surface area contributed by atoms with Crippen molar-refractivity contribution < 1.29 is 15.3 Å². The second-order valence-electron chi connectivity index (χ2n) is 4.89. The van der Waals surface area contributed by atoms with Gasteiger partial charge in [-0.1, -0.05) is 6.07 Å². The third kappa shape index (κ3) is 3.72. The molecule has 0 aliphatic heterocycles. The van der Waals surface area contributed by atoms with Gasteiger partial charge in [-0.2, -0.15) is 0 Å². The summed E-state index contributed by atoms with van der Waals surface area (Å²) in [5.41, 5.74) is 0.506. The maximum absolute atomic E-state index is 9.84. The van der Waals surface area contributed by atoms with E-state index in [2.05, 4.69) is 5.32 Å². The number of rotatable bonds is 3. The molecular weight excluding hydrogens is 206 g/mol. The molecule has 1 aromatic rings. The van der Waals surface area contributed by atoms with Crippen LogP contribution in [-0.4, -0.2) is 27.4 Å². The van der Waals surface area contributed by atoms with Gasteiger partial charge in [-0.05, 0) is 38.5 Å². The van der Waals surface area contributed by atoms with Crippen molar-refractivity contribution in [1.29, 1.82) is 0 Å². The summed E-state index contributed by atoms with van der Waals surface area (Å²) in [7, 11) is 0. The first-order chi connectivity index (χ1) is 7.29. The maximum atomic E-state index is 9.84. The van der Waals surface area contributed by atoms with Crippen molar-refractivity contribution in [3.8, 4) is 11.5 Å². The number of hydrogen-bond donors (Lipinski definition) is 4. The van der Waals surface area contributed by atoms with Crippen LogP contribution >= 0.6 is 0 Å².